The number of hydrogen-bond donors (Lipinski definition) is 2. The summed E-state index contributed by atoms with van der Waals surface area (Å²) in [6.45, 7) is 4.79. The molecule has 1 aliphatic carbocycles. The Balaban J connectivity index is 1.22. The van der Waals surface area contributed by atoms with Crippen LogP contribution in [0.25, 0.3) is 16.8 Å². The normalized spacial score (nSPS) is 17.6. The predicted octanol–water partition coefficient (Wildman–Crippen LogP) is 6.80. The number of aromatic nitrogens is 2. The summed E-state index contributed by atoms with van der Waals surface area (Å²) < 4.78 is 1.90. The average Bonchev–Trinajstić information content (AvgIpc) is 3.36. The van der Waals surface area contributed by atoms with Crippen molar-refractivity contribution >= 4 is 17.5 Å². The number of nitrogens with one attached hydrogen (secondary N) is 1. The first-order chi connectivity index (χ1) is 18.4. The highest BCUT2D eigenvalue weighted by atomic mass is 16.4. The molecule has 1 saturated carbocycles. The minimum absolute atomic E-state index is 0.189. The molecule has 1 aliphatic rings. The molecule has 2 aromatic carbocycles. The topological polar surface area (TPSA) is 83.7 Å². The van der Waals surface area contributed by atoms with E-state index in [1.807, 2.05) is 22.7 Å². The lowest BCUT2D eigenvalue weighted by Gasteiger charge is -2.28. The van der Waals surface area contributed by atoms with Gasteiger partial charge in [0.25, 0.3) is 5.91 Å². The third-order valence-corrected chi connectivity index (χ3v) is 7.81. The van der Waals surface area contributed by atoms with Gasteiger partial charge < -0.3 is 14.8 Å². The fraction of sp³-hybridized carbons (Fsp3) is 0.344. The number of imidazole rings is 1. The molecule has 0 unspecified atom stereocenters. The fourth-order valence-corrected chi connectivity index (χ4v) is 5.46. The van der Waals surface area contributed by atoms with Gasteiger partial charge in [0.15, 0.2) is 0 Å². The van der Waals surface area contributed by atoms with Gasteiger partial charge in [0.05, 0.1) is 0 Å². The Labute approximate surface area is 223 Å². The molecule has 0 saturated heterocycles. The van der Waals surface area contributed by atoms with Crippen LogP contribution in [0, 0.1) is 5.92 Å². The molecule has 2 N–H and O–H groups in total. The van der Waals surface area contributed by atoms with Gasteiger partial charge in [-0.25, -0.2) is 4.98 Å². The van der Waals surface area contributed by atoms with Crippen molar-refractivity contribution in [1.82, 2.24) is 14.7 Å². The van der Waals surface area contributed by atoms with Crippen LogP contribution in [0.4, 0.5) is 0 Å². The molecule has 6 heteroatoms. The van der Waals surface area contributed by atoms with E-state index in [0.717, 1.165) is 48.0 Å². The van der Waals surface area contributed by atoms with Crippen molar-refractivity contribution in [2.45, 2.75) is 64.3 Å². The Hall–Kier alpha value is -3.93. The highest BCUT2D eigenvalue weighted by Crippen LogP contribution is 2.37. The number of hydrogen-bond acceptors (Lipinski definition) is 3. The molecule has 0 aliphatic heterocycles. The highest BCUT2D eigenvalue weighted by Gasteiger charge is 2.24. The van der Waals surface area contributed by atoms with E-state index in [1.54, 1.807) is 6.20 Å². The summed E-state index contributed by atoms with van der Waals surface area (Å²) in [4.78, 5) is 28.3. The first kappa shape index (κ1) is 25.7. The average molecular weight is 510 g/mol. The molecule has 0 atom stereocenters. The second-order valence-electron chi connectivity index (χ2n) is 10.8. The van der Waals surface area contributed by atoms with Crippen LogP contribution in [0.2, 0.25) is 0 Å². The van der Waals surface area contributed by atoms with Crippen LogP contribution in [0.15, 0.2) is 73.1 Å². The SMILES string of the molecule is CC(C)c1ccc(CNC(=O)c2cn3cc(-c4ccc(C5CCC(CC(=O)O)CC5)cc4)ccc3n2)cc1. The summed E-state index contributed by atoms with van der Waals surface area (Å²) in [5, 5.41) is 12.0. The summed E-state index contributed by atoms with van der Waals surface area (Å²) in [5.74, 6) is 0.419. The molecule has 1 amide bonds. The first-order valence-corrected chi connectivity index (χ1v) is 13.5. The standard InChI is InChI=1S/C32H35N3O3/c1-21(2)24-7-5-23(6-8-24)18-33-32(38)29-20-35-19-28(15-16-30(35)34-29)27-13-11-26(12-14-27)25-9-3-22(4-10-25)17-31(36)37/h5-8,11-16,19-22,25H,3-4,9-10,17-18H2,1-2H3,(H,33,38)(H,36,37). The second-order valence-corrected chi connectivity index (χ2v) is 10.8. The Bertz CT molecular complexity index is 1410. The molecule has 5 rings (SSSR count). The van der Waals surface area contributed by atoms with E-state index in [9.17, 15) is 9.59 Å². The molecule has 1 fully saturated rings. The first-order valence-electron chi connectivity index (χ1n) is 13.5. The number of amides is 1. The minimum atomic E-state index is -0.687. The van der Waals surface area contributed by atoms with Crippen molar-refractivity contribution < 1.29 is 14.7 Å². The quantitative estimate of drug-likeness (QED) is 0.273. The molecular formula is C32H35N3O3. The third-order valence-electron chi connectivity index (χ3n) is 7.81. The van der Waals surface area contributed by atoms with Crippen LogP contribution < -0.4 is 5.32 Å². The van der Waals surface area contributed by atoms with Gasteiger partial charge in [-0.3, -0.25) is 9.59 Å². The van der Waals surface area contributed by atoms with Crippen LogP contribution in [0.1, 0.15) is 85.0 Å². The minimum Gasteiger partial charge on any atom is -0.481 e. The van der Waals surface area contributed by atoms with Crippen molar-refractivity contribution in [1.29, 1.82) is 0 Å². The Morgan fingerprint density at radius 3 is 2.26 bits per heavy atom. The smallest absolute Gasteiger partial charge is 0.303 e. The van der Waals surface area contributed by atoms with Gasteiger partial charge >= 0.3 is 5.97 Å². The van der Waals surface area contributed by atoms with E-state index < -0.39 is 5.97 Å². The lowest BCUT2D eigenvalue weighted by Crippen LogP contribution is -2.23. The zero-order valence-electron chi connectivity index (χ0n) is 22.1. The van der Waals surface area contributed by atoms with E-state index in [1.165, 1.54) is 11.1 Å². The summed E-state index contributed by atoms with van der Waals surface area (Å²) in [6.07, 6.45) is 8.14. The van der Waals surface area contributed by atoms with E-state index in [4.69, 9.17) is 5.11 Å². The summed E-state index contributed by atoms with van der Waals surface area (Å²) in [5.41, 5.74) is 6.97. The molecule has 6 nitrogen and oxygen atoms in total. The fourth-order valence-electron chi connectivity index (χ4n) is 5.46. The number of carboxylic acid groups (broad SMARTS) is 1. The zero-order chi connectivity index (χ0) is 26.6. The maximum Gasteiger partial charge on any atom is 0.303 e. The molecule has 196 valence electrons. The number of aliphatic carboxylic acids is 1. The molecule has 0 bridgehead atoms. The van der Waals surface area contributed by atoms with E-state index in [2.05, 4.69) is 72.7 Å². The molecule has 38 heavy (non-hydrogen) atoms. The van der Waals surface area contributed by atoms with Crippen molar-refractivity contribution in [2.75, 3.05) is 0 Å². The number of rotatable bonds is 8. The van der Waals surface area contributed by atoms with Crippen LogP contribution >= 0.6 is 0 Å². The van der Waals surface area contributed by atoms with Crippen molar-refractivity contribution in [3.8, 4) is 11.1 Å². The molecule has 0 spiro atoms. The Morgan fingerprint density at radius 1 is 0.921 bits per heavy atom. The van der Waals surface area contributed by atoms with Crippen molar-refractivity contribution in [2.24, 2.45) is 5.92 Å². The second kappa shape index (κ2) is 11.2. The molecular weight excluding hydrogens is 474 g/mol. The van der Waals surface area contributed by atoms with Crippen LogP contribution in [0.3, 0.4) is 0 Å². The van der Waals surface area contributed by atoms with Gasteiger partial charge in [-0.15, -0.1) is 0 Å². The maximum atomic E-state index is 12.8. The summed E-state index contributed by atoms with van der Waals surface area (Å²) in [7, 11) is 0. The predicted molar refractivity (Wildman–Crippen MR) is 149 cm³/mol. The van der Waals surface area contributed by atoms with Gasteiger partial charge in [0, 0.05) is 25.4 Å². The number of carbonyl (C=O) groups is 2. The number of carboxylic acids is 1. The molecule has 0 radical (unpaired) electrons. The molecule has 2 heterocycles. The van der Waals surface area contributed by atoms with Crippen LogP contribution in [-0.2, 0) is 11.3 Å². The number of carbonyl (C=O) groups excluding carboxylic acids is 1. The van der Waals surface area contributed by atoms with Gasteiger partial charge in [0.2, 0.25) is 0 Å². The summed E-state index contributed by atoms with van der Waals surface area (Å²) >= 11 is 0. The number of nitrogens with zero attached hydrogens (tertiary/aromatic N) is 2. The molecule has 2 aromatic heterocycles. The van der Waals surface area contributed by atoms with Crippen molar-refractivity contribution in [3.05, 3.63) is 95.4 Å². The zero-order valence-corrected chi connectivity index (χ0v) is 22.1. The number of fused-ring (bicyclic) bond motifs is 1. The monoisotopic (exact) mass is 509 g/mol. The van der Waals surface area contributed by atoms with E-state index >= 15 is 0 Å². The highest BCUT2D eigenvalue weighted by molar-refractivity contribution is 5.92. The molecule has 4 aromatic rings. The van der Waals surface area contributed by atoms with Crippen LogP contribution in [-0.4, -0.2) is 26.4 Å². The number of benzene rings is 2. The maximum absolute atomic E-state index is 12.8. The van der Waals surface area contributed by atoms with Gasteiger partial charge in [-0.2, -0.15) is 0 Å². The number of pyridine rings is 1. The van der Waals surface area contributed by atoms with Gasteiger partial charge in [-0.1, -0.05) is 62.4 Å². The van der Waals surface area contributed by atoms with E-state index in [0.29, 0.717) is 30.0 Å². The third kappa shape index (κ3) is 5.96. The lowest BCUT2D eigenvalue weighted by molar-refractivity contribution is -0.138. The van der Waals surface area contributed by atoms with Gasteiger partial charge in [0.1, 0.15) is 11.3 Å². The van der Waals surface area contributed by atoms with Crippen molar-refractivity contribution in [3.63, 3.8) is 0 Å². The Morgan fingerprint density at radius 2 is 1.61 bits per heavy atom. The summed E-state index contributed by atoms with van der Waals surface area (Å²) in [6, 6.07) is 21.0. The van der Waals surface area contributed by atoms with Crippen LogP contribution in [0.5, 0.6) is 0 Å². The van der Waals surface area contributed by atoms with Gasteiger partial charge in [-0.05, 0) is 83.4 Å². The lowest BCUT2D eigenvalue weighted by atomic mass is 9.77. The van der Waals surface area contributed by atoms with E-state index in [-0.39, 0.29) is 12.3 Å². The Kier molecular flexibility index (Phi) is 7.59. The largest absolute Gasteiger partial charge is 0.481 e.